The fourth-order valence-corrected chi connectivity index (χ4v) is 3.69. The van der Waals surface area contributed by atoms with E-state index in [-0.39, 0.29) is 11.9 Å². The molecule has 2 heterocycles. The van der Waals surface area contributed by atoms with Gasteiger partial charge in [0.05, 0.1) is 18.6 Å². The number of hydrogen-bond donors (Lipinski definition) is 0. The Morgan fingerprint density at radius 1 is 1.36 bits per heavy atom. The summed E-state index contributed by atoms with van der Waals surface area (Å²) in [6.45, 7) is 7.40. The van der Waals surface area contributed by atoms with E-state index in [1.807, 2.05) is 26.8 Å². The Balaban J connectivity index is 1.69. The molecule has 0 N–H and O–H groups in total. The number of rotatable bonds is 2. The molecule has 0 atom stereocenters. The summed E-state index contributed by atoms with van der Waals surface area (Å²) < 4.78 is 11.6. The molecule has 1 aromatic carbocycles. The first-order chi connectivity index (χ1) is 11.8. The average molecular weight is 366 g/mol. The van der Waals surface area contributed by atoms with Gasteiger partial charge in [0, 0.05) is 31.0 Å². The van der Waals surface area contributed by atoms with Gasteiger partial charge in [0.1, 0.15) is 11.4 Å². The number of likely N-dealkylation sites (tertiary alicyclic amines) is 1. The fraction of sp³-hybridized carbons (Fsp3) is 0.579. The second-order valence-electron chi connectivity index (χ2n) is 7.44. The Bertz CT molecular complexity index is 693. The summed E-state index contributed by atoms with van der Waals surface area (Å²) >= 11 is 6.06. The number of ketones is 1. The summed E-state index contributed by atoms with van der Waals surface area (Å²) in [5.74, 6) is 1.00. The van der Waals surface area contributed by atoms with E-state index in [0.717, 1.165) is 5.56 Å². The zero-order chi connectivity index (χ0) is 18.2. The van der Waals surface area contributed by atoms with Gasteiger partial charge in [0.25, 0.3) is 0 Å². The topological polar surface area (TPSA) is 55.8 Å². The number of carbonyl (C=O) groups excluding carboxylic acids is 2. The first-order valence-corrected chi connectivity index (χ1v) is 9.11. The second-order valence-corrected chi connectivity index (χ2v) is 7.88. The van der Waals surface area contributed by atoms with E-state index in [4.69, 9.17) is 21.1 Å². The van der Waals surface area contributed by atoms with Gasteiger partial charge in [0.2, 0.25) is 0 Å². The molecule has 6 heteroatoms. The molecule has 136 valence electrons. The van der Waals surface area contributed by atoms with Gasteiger partial charge in [0.15, 0.2) is 5.78 Å². The maximum absolute atomic E-state index is 12.6. The lowest BCUT2D eigenvalue weighted by atomic mass is 9.82. The van der Waals surface area contributed by atoms with Gasteiger partial charge < -0.3 is 14.4 Å². The zero-order valence-corrected chi connectivity index (χ0v) is 15.7. The third-order valence-electron chi connectivity index (χ3n) is 4.81. The van der Waals surface area contributed by atoms with Crippen molar-refractivity contribution in [3.8, 4) is 5.75 Å². The third-order valence-corrected chi connectivity index (χ3v) is 5.03. The molecule has 0 unspecified atom stereocenters. The summed E-state index contributed by atoms with van der Waals surface area (Å²) in [5.41, 5.74) is 0.903. The van der Waals surface area contributed by atoms with Gasteiger partial charge in [-0.1, -0.05) is 25.4 Å². The Morgan fingerprint density at radius 3 is 2.68 bits per heavy atom. The Kier molecular flexibility index (Phi) is 4.96. The van der Waals surface area contributed by atoms with E-state index in [9.17, 15) is 9.59 Å². The number of benzene rings is 1. The number of carbonyl (C=O) groups is 2. The van der Waals surface area contributed by atoms with Crippen LogP contribution < -0.4 is 4.74 Å². The number of fused-ring (bicyclic) bond motifs is 1. The third kappa shape index (κ3) is 3.76. The van der Waals surface area contributed by atoms with Crippen LogP contribution in [0.15, 0.2) is 12.1 Å². The van der Waals surface area contributed by atoms with Crippen LogP contribution >= 0.6 is 11.6 Å². The highest BCUT2D eigenvalue weighted by Crippen LogP contribution is 2.42. The lowest BCUT2D eigenvalue weighted by Crippen LogP contribution is -2.52. The minimum absolute atomic E-state index is 0.0580. The largest absolute Gasteiger partial charge is 0.486 e. The molecule has 0 radical (unpaired) electrons. The lowest BCUT2D eigenvalue weighted by Gasteiger charge is -2.44. The minimum Gasteiger partial charge on any atom is -0.486 e. The Morgan fingerprint density at radius 2 is 2.04 bits per heavy atom. The predicted molar refractivity (Wildman–Crippen MR) is 95.5 cm³/mol. The summed E-state index contributed by atoms with van der Waals surface area (Å²) in [4.78, 5) is 26.4. The van der Waals surface area contributed by atoms with Crippen LogP contribution in [-0.2, 0) is 4.74 Å². The van der Waals surface area contributed by atoms with Crippen LogP contribution in [0.25, 0.3) is 0 Å². The highest BCUT2D eigenvalue weighted by atomic mass is 35.5. The van der Waals surface area contributed by atoms with Crippen molar-refractivity contribution >= 4 is 23.5 Å². The summed E-state index contributed by atoms with van der Waals surface area (Å²) in [6.07, 6.45) is 1.29. The molecule has 0 saturated carbocycles. The van der Waals surface area contributed by atoms with Gasteiger partial charge in [-0.15, -0.1) is 0 Å². The van der Waals surface area contributed by atoms with E-state index in [2.05, 4.69) is 0 Å². The van der Waals surface area contributed by atoms with Crippen molar-refractivity contribution in [3.05, 3.63) is 28.3 Å². The summed E-state index contributed by atoms with van der Waals surface area (Å²) in [5, 5.41) is 0.548. The normalized spacial score (nSPS) is 18.9. The first kappa shape index (κ1) is 18.1. The van der Waals surface area contributed by atoms with Gasteiger partial charge in [-0.25, -0.2) is 4.79 Å². The molecule has 1 fully saturated rings. The molecule has 2 aliphatic heterocycles. The quantitative estimate of drug-likeness (QED) is 0.786. The van der Waals surface area contributed by atoms with Gasteiger partial charge in [-0.3, -0.25) is 4.79 Å². The van der Waals surface area contributed by atoms with E-state index < -0.39 is 5.60 Å². The molecule has 25 heavy (non-hydrogen) atoms. The number of piperidine rings is 1. The van der Waals surface area contributed by atoms with E-state index in [1.165, 1.54) is 0 Å². The van der Waals surface area contributed by atoms with Crippen LogP contribution in [0.1, 0.15) is 49.0 Å². The van der Waals surface area contributed by atoms with Crippen molar-refractivity contribution in [1.82, 2.24) is 4.90 Å². The van der Waals surface area contributed by atoms with Crippen molar-refractivity contribution in [3.63, 3.8) is 0 Å². The maximum Gasteiger partial charge on any atom is 0.409 e. The van der Waals surface area contributed by atoms with E-state index >= 15 is 0 Å². The van der Waals surface area contributed by atoms with E-state index in [0.29, 0.717) is 61.2 Å². The molecule has 0 aliphatic carbocycles. The molecule has 5 nitrogen and oxygen atoms in total. The summed E-state index contributed by atoms with van der Waals surface area (Å²) in [6, 6.07) is 3.49. The molecule has 3 rings (SSSR count). The average Bonchev–Trinajstić information content (AvgIpc) is 2.55. The highest BCUT2D eigenvalue weighted by Gasteiger charge is 2.44. The number of nitrogens with zero attached hydrogens (tertiary/aromatic N) is 1. The van der Waals surface area contributed by atoms with Gasteiger partial charge >= 0.3 is 6.09 Å². The standard InChI is InChI=1S/C19H24ClNO4/c1-12(2)11-24-18(23)21-6-4-19(5-7-21)10-16(22)15-9-14(20)8-13(3)17(15)25-19/h8-9,12H,4-7,10-11H2,1-3H3. The fourth-order valence-electron chi connectivity index (χ4n) is 3.42. The number of amides is 1. The maximum atomic E-state index is 12.6. The number of ether oxygens (including phenoxy) is 2. The number of halogens is 1. The predicted octanol–water partition coefficient (Wildman–Crippen LogP) is 4.24. The van der Waals surface area contributed by atoms with Crippen LogP contribution in [0.2, 0.25) is 5.02 Å². The highest BCUT2D eigenvalue weighted by molar-refractivity contribution is 6.31. The van der Waals surface area contributed by atoms with Crippen LogP contribution in [0.3, 0.4) is 0 Å². The van der Waals surface area contributed by atoms with Gasteiger partial charge in [-0.2, -0.15) is 0 Å². The van der Waals surface area contributed by atoms with Crippen LogP contribution in [0.4, 0.5) is 4.79 Å². The van der Waals surface area contributed by atoms with Crippen molar-refractivity contribution < 1.29 is 19.1 Å². The van der Waals surface area contributed by atoms with Crippen LogP contribution in [-0.4, -0.2) is 42.1 Å². The molecular formula is C19H24ClNO4. The molecule has 0 bridgehead atoms. The SMILES string of the molecule is Cc1cc(Cl)cc2c1OC1(CCN(C(=O)OCC(C)C)CC1)CC2=O. The summed E-state index contributed by atoms with van der Waals surface area (Å²) in [7, 11) is 0. The molecular weight excluding hydrogens is 342 g/mol. The Labute approximate surface area is 153 Å². The van der Waals surface area contributed by atoms with Crippen molar-refractivity contribution in [2.45, 2.75) is 45.6 Å². The minimum atomic E-state index is -0.530. The van der Waals surface area contributed by atoms with Crippen molar-refractivity contribution in [2.75, 3.05) is 19.7 Å². The first-order valence-electron chi connectivity index (χ1n) is 8.74. The molecule has 1 saturated heterocycles. The molecule has 1 aromatic rings. The van der Waals surface area contributed by atoms with Crippen molar-refractivity contribution in [2.24, 2.45) is 5.92 Å². The molecule has 2 aliphatic rings. The molecule has 1 amide bonds. The Hall–Kier alpha value is -1.75. The molecule has 1 spiro atoms. The van der Waals surface area contributed by atoms with Crippen molar-refractivity contribution in [1.29, 1.82) is 0 Å². The van der Waals surface area contributed by atoms with Crippen LogP contribution in [0.5, 0.6) is 5.75 Å². The van der Waals surface area contributed by atoms with E-state index in [1.54, 1.807) is 11.0 Å². The number of Topliss-reactive ketones (excluding diaryl/α,β-unsaturated/α-hetero) is 1. The monoisotopic (exact) mass is 365 g/mol. The molecule has 0 aromatic heterocycles. The van der Waals surface area contributed by atoms with Crippen LogP contribution in [0, 0.1) is 12.8 Å². The van der Waals surface area contributed by atoms with Gasteiger partial charge in [-0.05, 0) is 30.5 Å². The number of hydrogen-bond acceptors (Lipinski definition) is 4. The zero-order valence-electron chi connectivity index (χ0n) is 14.9. The second kappa shape index (κ2) is 6.87. The smallest absolute Gasteiger partial charge is 0.409 e. The number of aryl methyl sites for hydroxylation is 1. The lowest BCUT2D eigenvalue weighted by molar-refractivity contribution is -0.0105.